The Morgan fingerprint density at radius 3 is 2.61 bits per heavy atom. The molecule has 2 aromatic rings. The van der Waals surface area contributed by atoms with E-state index in [-0.39, 0.29) is 24.7 Å². The number of hydrogen-bond acceptors (Lipinski definition) is 3. The number of aryl methyl sites for hydroxylation is 1. The number of rotatable bonds is 8. The average Bonchev–Trinajstić information content (AvgIpc) is 3.00. The number of aromatic nitrogens is 2. The van der Waals surface area contributed by atoms with E-state index in [0.717, 1.165) is 24.2 Å². The summed E-state index contributed by atoms with van der Waals surface area (Å²) in [5.74, 6) is -0.307. The highest BCUT2D eigenvalue weighted by Crippen LogP contribution is 2.06. The lowest BCUT2D eigenvalue weighted by molar-refractivity contribution is -0.124. The predicted octanol–water partition coefficient (Wildman–Crippen LogP) is 2.33. The molecular weight excluding hydrogens is 292 g/mol. The van der Waals surface area contributed by atoms with Gasteiger partial charge in [0, 0.05) is 43.4 Å². The van der Waals surface area contributed by atoms with Gasteiger partial charge in [0.15, 0.2) is 0 Å². The standard InChI is InChI=1S/C17H22N4O2/c1-2-10-21-13-14(12-19-21)11-18-16(22)8-9-17(23)20-15-6-4-3-5-7-15/h3-7,12-13H,2,8-11H2,1H3,(H,18,22)(H,20,23). The van der Waals surface area contributed by atoms with Crippen molar-refractivity contribution in [3.8, 4) is 0 Å². The summed E-state index contributed by atoms with van der Waals surface area (Å²) in [4.78, 5) is 23.5. The Bertz CT molecular complexity index is 637. The molecule has 0 saturated carbocycles. The van der Waals surface area contributed by atoms with E-state index in [9.17, 15) is 9.59 Å². The summed E-state index contributed by atoms with van der Waals surface area (Å²) in [6, 6.07) is 9.20. The molecule has 0 atom stereocenters. The smallest absolute Gasteiger partial charge is 0.224 e. The van der Waals surface area contributed by atoms with Gasteiger partial charge in [-0.3, -0.25) is 14.3 Å². The highest BCUT2D eigenvalue weighted by Gasteiger charge is 2.07. The molecule has 6 nitrogen and oxygen atoms in total. The molecule has 1 aromatic heterocycles. The van der Waals surface area contributed by atoms with Crippen molar-refractivity contribution in [3.63, 3.8) is 0 Å². The van der Waals surface area contributed by atoms with Crippen LogP contribution in [0.1, 0.15) is 31.7 Å². The minimum Gasteiger partial charge on any atom is -0.352 e. The summed E-state index contributed by atoms with van der Waals surface area (Å²) in [7, 11) is 0. The van der Waals surface area contributed by atoms with Crippen LogP contribution in [0, 0.1) is 0 Å². The van der Waals surface area contributed by atoms with Crippen LogP contribution in [0.5, 0.6) is 0 Å². The Balaban J connectivity index is 1.67. The molecule has 1 aromatic carbocycles. The molecule has 0 aliphatic rings. The second kappa shape index (κ2) is 8.73. The van der Waals surface area contributed by atoms with Gasteiger partial charge < -0.3 is 10.6 Å². The monoisotopic (exact) mass is 314 g/mol. The fourth-order valence-electron chi connectivity index (χ4n) is 2.11. The molecule has 0 radical (unpaired) electrons. The maximum absolute atomic E-state index is 11.8. The van der Waals surface area contributed by atoms with Crippen molar-refractivity contribution in [2.75, 3.05) is 5.32 Å². The lowest BCUT2D eigenvalue weighted by Crippen LogP contribution is -2.24. The first-order valence-corrected chi connectivity index (χ1v) is 7.80. The number of nitrogens with one attached hydrogen (secondary N) is 2. The topological polar surface area (TPSA) is 76.0 Å². The summed E-state index contributed by atoms with van der Waals surface area (Å²) in [5.41, 5.74) is 1.70. The highest BCUT2D eigenvalue weighted by molar-refractivity contribution is 5.93. The van der Waals surface area contributed by atoms with Crippen molar-refractivity contribution in [2.45, 2.75) is 39.3 Å². The van der Waals surface area contributed by atoms with Crippen LogP contribution in [0.3, 0.4) is 0 Å². The second-order valence-corrected chi connectivity index (χ2v) is 5.30. The quantitative estimate of drug-likeness (QED) is 0.785. The van der Waals surface area contributed by atoms with E-state index in [1.165, 1.54) is 0 Å². The van der Waals surface area contributed by atoms with E-state index >= 15 is 0 Å². The van der Waals surface area contributed by atoms with Crippen molar-refractivity contribution in [2.24, 2.45) is 0 Å². The van der Waals surface area contributed by atoms with Gasteiger partial charge in [0.05, 0.1) is 6.20 Å². The van der Waals surface area contributed by atoms with E-state index in [0.29, 0.717) is 6.54 Å². The van der Waals surface area contributed by atoms with Gasteiger partial charge in [0.25, 0.3) is 0 Å². The predicted molar refractivity (Wildman–Crippen MR) is 88.7 cm³/mol. The molecule has 1 heterocycles. The molecule has 122 valence electrons. The van der Waals surface area contributed by atoms with Gasteiger partial charge in [-0.15, -0.1) is 0 Å². The van der Waals surface area contributed by atoms with Crippen molar-refractivity contribution < 1.29 is 9.59 Å². The Morgan fingerprint density at radius 2 is 1.87 bits per heavy atom. The van der Waals surface area contributed by atoms with Crippen LogP contribution in [-0.2, 0) is 22.7 Å². The van der Waals surface area contributed by atoms with Gasteiger partial charge in [-0.1, -0.05) is 25.1 Å². The first kappa shape index (κ1) is 16.7. The summed E-state index contributed by atoms with van der Waals surface area (Å²) in [6.45, 7) is 3.39. The highest BCUT2D eigenvalue weighted by atomic mass is 16.2. The van der Waals surface area contributed by atoms with Gasteiger partial charge in [0.2, 0.25) is 11.8 Å². The molecule has 0 fully saturated rings. The largest absolute Gasteiger partial charge is 0.352 e. The van der Waals surface area contributed by atoms with Crippen LogP contribution in [-0.4, -0.2) is 21.6 Å². The van der Waals surface area contributed by atoms with Crippen molar-refractivity contribution in [3.05, 3.63) is 48.3 Å². The Hall–Kier alpha value is -2.63. The summed E-state index contributed by atoms with van der Waals surface area (Å²) < 4.78 is 1.86. The van der Waals surface area contributed by atoms with Crippen LogP contribution in [0.4, 0.5) is 5.69 Å². The SMILES string of the molecule is CCCn1cc(CNC(=O)CCC(=O)Nc2ccccc2)cn1. The number of benzene rings is 1. The fourth-order valence-corrected chi connectivity index (χ4v) is 2.11. The summed E-state index contributed by atoms with van der Waals surface area (Å²) >= 11 is 0. The third-order valence-electron chi connectivity index (χ3n) is 3.27. The van der Waals surface area contributed by atoms with Gasteiger partial charge in [-0.05, 0) is 18.6 Å². The number of anilines is 1. The molecule has 2 N–H and O–H groups in total. The van der Waals surface area contributed by atoms with Crippen molar-refractivity contribution >= 4 is 17.5 Å². The molecule has 2 amide bonds. The van der Waals surface area contributed by atoms with E-state index in [2.05, 4.69) is 22.7 Å². The number of nitrogens with zero attached hydrogens (tertiary/aromatic N) is 2. The van der Waals surface area contributed by atoms with E-state index < -0.39 is 0 Å². The molecule has 0 unspecified atom stereocenters. The van der Waals surface area contributed by atoms with Crippen LogP contribution < -0.4 is 10.6 Å². The molecule has 0 saturated heterocycles. The molecule has 0 spiro atoms. The molecule has 0 bridgehead atoms. The van der Waals surface area contributed by atoms with Crippen molar-refractivity contribution in [1.82, 2.24) is 15.1 Å². The minimum atomic E-state index is -0.165. The Labute approximate surface area is 135 Å². The average molecular weight is 314 g/mol. The van der Waals surface area contributed by atoms with Crippen LogP contribution >= 0.6 is 0 Å². The van der Waals surface area contributed by atoms with Gasteiger partial charge in [0.1, 0.15) is 0 Å². The molecule has 6 heteroatoms. The van der Waals surface area contributed by atoms with E-state index in [1.54, 1.807) is 6.20 Å². The lowest BCUT2D eigenvalue weighted by atomic mass is 10.2. The van der Waals surface area contributed by atoms with Gasteiger partial charge in [-0.25, -0.2) is 0 Å². The van der Waals surface area contributed by atoms with Gasteiger partial charge in [-0.2, -0.15) is 5.10 Å². The maximum atomic E-state index is 11.8. The molecule has 2 rings (SSSR count). The second-order valence-electron chi connectivity index (χ2n) is 5.30. The first-order valence-electron chi connectivity index (χ1n) is 7.80. The van der Waals surface area contributed by atoms with Crippen molar-refractivity contribution in [1.29, 1.82) is 0 Å². The minimum absolute atomic E-state index is 0.142. The molecule has 0 aliphatic heterocycles. The lowest BCUT2D eigenvalue weighted by Gasteiger charge is -2.05. The fraction of sp³-hybridized carbons (Fsp3) is 0.353. The Morgan fingerprint density at radius 1 is 1.13 bits per heavy atom. The molecular formula is C17H22N4O2. The van der Waals surface area contributed by atoms with Crippen LogP contribution in [0.25, 0.3) is 0 Å². The van der Waals surface area contributed by atoms with E-state index in [4.69, 9.17) is 0 Å². The van der Waals surface area contributed by atoms with E-state index in [1.807, 2.05) is 41.2 Å². The number of carbonyl (C=O) groups excluding carboxylic acids is 2. The normalized spacial score (nSPS) is 10.3. The Kier molecular flexibility index (Phi) is 6.35. The van der Waals surface area contributed by atoms with Crippen LogP contribution in [0.15, 0.2) is 42.7 Å². The zero-order valence-corrected chi connectivity index (χ0v) is 13.3. The maximum Gasteiger partial charge on any atom is 0.224 e. The third-order valence-corrected chi connectivity index (χ3v) is 3.27. The molecule has 23 heavy (non-hydrogen) atoms. The first-order chi connectivity index (χ1) is 11.2. The summed E-state index contributed by atoms with van der Waals surface area (Å²) in [5, 5.41) is 9.76. The number of carbonyl (C=O) groups is 2. The zero-order valence-electron chi connectivity index (χ0n) is 13.3. The van der Waals surface area contributed by atoms with Crippen LogP contribution in [0.2, 0.25) is 0 Å². The van der Waals surface area contributed by atoms with Gasteiger partial charge >= 0.3 is 0 Å². The third kappa shape index (κ3) is 5.94. The summed E-state index contributed by atoms with van der Waals surface area (Å²) in [6.07, 6.45) is 5.02. The number of hydrogen-bond donors (Lipinski definition) is 2. The number of amides is 2. The number of para-hydroxylation sites is 1. The zero-order chi connectivity index (χ0) is 16.5. The molecule has 0 aliphatic carbocycles.